The number of benzene rings is 1. The van der Waals surface area contributed by atoms with Gasteiger partial charge in [0.1, 0.15) is 0 Å². The first kappa shape index (κ1) is 21.9. The zero-order valence-corrected chi connectivity index (χ0v) is 15.9. The first-order chi connectivity index (χ1) is 14.8. The van der Waals surface area contributed by atoms with Crippen LogP contribution in [-0.4, -0.2) is 11.6 Å². The second-order valence-electron chi connectivity index (χ2n) is 5.49. The number of carbonyl (C=O) groups is 2. The van der Waals surface area contributed by atoms with Crippen molar-refractivity contribution in [3.8, 4) is 5.75 Å². The van der Waals surface area contributed by atoms with Crippen molar-refractivity contribution in [3.05, 3.63) is 103 Å². The molecule has 9 nitrogen and oxygen atoms in total. The smallest absolute Gasteiger partial charge is 0.178 e. The molecule has 0 aromatic heterocycles. The number of allylic oxidation sites excluding steroid dienone is 11. The van der Waals surface area contributed by atoms with Crippen LogP contribution < -0.4 is 4.84 Å². The molecule has 1 aromatic carbocycles. The lowest BCUT2D eigenvalue weighted by molar-refractivity contribution is -0.115. The molecule has 1 aliphatic heterocycles. The Morgan fingerprint density at radius 1 is 0.700 bits per heavy atom. The lowest BCUT2D eigenvalue weighted by atomic mass is 10.1. The molecular weight excluding hydrogens is 384 g/mol. The molecule has 0 aliphatic carbocycles. The van der Waals surface area contributed by atoms with Crippen molar-refractivity contribution in [2.45, 2.75) is 6.42 Å². The molecule has 0 bridgehead atoms. The maximum absolute atomic E-state index is 12.1. The molecule has 0 saturated heterocycles. The van der Waals surface area contributed by atoms with Crippen molar-refractivity contribution in [1.82, 2.24) is 0 Å². The Hall–Kier alpha value is -4.40. The Bertz CT molecular complexity index is 998. The molecule has 0 N–H and O–H groups in total. The van der Waals surface area contributed by atoms with E-state index in [2.05, 4.69) is 31.3 Å². The lowest BCUT2D eigenvalue weighted by Crippen LogP contribution is -2.01. The van der Waals surface area contributed by atoms with Gasteiger partial charge in [-0.3, -0.25) is 9.59 Å². The van der Waals surface area contributed by atoms with Crippen LogP contribution in [0.15, 0.2) is 129 Å². The second kappa shape index (κ2) is 13.7. The first-order valence-electron chi connectivity index (χ1n) is 8.79. The molecule has 0 unspecified atom stereocenters. The van der Waals surface area contributed by atoms with Gasteiger partial charge in [0, 0.05) is 22.4 Å². The average molecular weight is 402 g/mol. The van der Waals surface area contributed by atoms with Crippen LogP contribution in [0.2, 0.25) is 0 Å². The van der Waals surface area contributed by atoms with Crippen molar-refractivity contribution in [2.24, 2.45) is 31.3 Å². The summed E-state index contributed by atoms with van der Waals surface area (Å²) in [6.07, 6.45) is 19.1. The quantitative estimate of drug-likeness (QED) is 0.596. The van der Waals surface area contributed by atoms with E-state index in [4.69, 9.17) is 4.84 Å². The molecule has 1 aliphatic rings. The zero-order valence-electron chi connectivity index (χ0n) is 15.9. The molecule has 0 saturated carbocycles. The van der Waals surface area contributed by atoms with Gasteiger partial charge in [-0.1, -0.05) is 60.7 Å². The van der Waals surface area contributed by atoms with Crippen LogP contribution in [0.1, 0.15) is 5.56 Å². The van der Waals surface area contributed by atoms with Crippen molar-refractivity contribution in [1.29, 1.82) is 0 Å². The third-order valence-electron chi connectivity index (χ3n) is 3.31. The fourth-order valence-electron chi connectivity index (χ4n) is 2.01. The van der Waals surface area contributed by atoms with Gasteiger partial charge in [-0.05, 0) is 40.8 Å². The number of carbonyl (C=O) groups excluding carboxylic acids is 2. The van der Waals surface area contributed by atoms with Gasteiger partial charge in [0.25, 0.3) is 0 Å². The molecular formula is C21H18N6O3. The van der Waals surface area contributed by atoms with E-state index < -0.39 is 0 Å². The van der Waals surface area contributed by atoms with Gasteiger partial charge in [0.05, 0.1) is 11.5 Å². The SMILES string of the molecule is O=C1C=CC(=O)Cc2ccccc2O\N=N/N=N\N=N/C=C\C=C/C=C\C=C/C=C\1. The Balaban J connectivity index is 2.15. The monoisotopic (exact) mass is 402 g/mol. The average Bonchev–Trinajstić information content (AvgIpc) is 2.75. The summed E-state index contributed by atoms with van der Waals surface area (Å²) in [6.45, 7) is 0. The number of hydrogen-bond acceptors (Lipinski definition) is 9. The second-order valence-corrected chi connectivity index (χ2v) is 5.49. The van der Waals surface area contributed by atoms with Crippen LogP contribution in [0.4, 0.5) is 0 Å². The highest BCUT2D eigenvalue weighted by molar-refractivity contribution is 6.04. The minimum absolute atomic E-state index is 0.0273. The first-order valence-corrected chi connectivity index (χ1v) is 8.79. The standard InChI is InChI=1S/C21H18N6O3/c28-19-12-7-5-3-1-2-4-6-10-16-22-23-24-25-26-27-30-21-13-9-8-11-18(21)17-20(29)15-14-19/h1-16H,17H2/b2-1-,5-3-,6-4-,12-7-,15-14?,16-10-,23-22-,25-24-,27-26-. The lowest BCUT2D eigenvalue weighted by Gasteiger charge is -2.03. The van der Waals surface area contributed by atoms with E-state index in [1.807, 2.05) is 0 Å². The van der Waals surface area contributed by atoms with Gasteiger partial charge in [-0.25, -0.2) is 0 Å². The van der Waals surface area contributed by atoms with E-state index in [1.54, 1.807) is 72.9 Å². The van der Waals surface area contributed by atoms with Crippen molar-refractivity contribution < 1.29 is 14.4 Å². The summed E-state index contributed by atoms with van der Waals surface area (Å²) in [4.78, 5) is 29.1. The minimum Gasteiger partial charge on any atom is -0.338 e. The van der Waals surface area contributed by atoms with Crippen LogP contribution in [-0.2, 0) is 16.0 Å². The molecule has 0 amide bonds. The third kappa shape index (κ3) is 9.51. The van der Waals surface area contributed by atoms with Gasteiger partial charge in [-0.15, -0.1) is 5.11 Å². The van der Waals surface area contributed by atoms with Crippen LogP contribution in [0.3, 0.4) is 0 Å². The highest BCUT2D eigenvalue weighted by atomic mass is 16.6. The molecule has 0 atom stereocenters. The summed E-state index contributed by atoms with van der Waals surface area (Å²) in [6, 6.07) is 6.80. The van der Waals surface area contributed by atoms with Crippen LogP contribution in [0.5, 0.6) is 5.75 Å². The summed E-state index contributed by atoms with van der Waals surface area (Å²) < 4.78 is 0. The normalized spacial score (nSPS) is 24.3. The molecule has 1 aromatic rings. The molecule has 0 spiro atoms. The fraction of sp³-hybridized carbons (Fsp3) is 0.0476. The summed E-state index contributed by atoms with van der Waals surface area (Å²) in [7, 11) is 0. The molecule has 0 radical (unpaired) electrons. The Morgan fingerprint density at radius 2 is 1.40 bits per heavy atom. The highest BCUT2D eigenvalue weighted by Gasteiger charge is 2.07. The summed E-state index contributed by atoms with van der Waals surface area (Å²) >= 11 is 0. The molecule has 0 fully saturated rings. The predicted octanol–water partition coefficient (Wildman–Crippen LogP) is 5.16. The van der Waals surface area contributed by atoms with E-state index in [0.717, 1.165) is 0 Å². The van der Waals surface area contributed by atoms with Gasteiger partial charge in [-0.2, -0.15) is 0 Å². The number of ketones is 2. The van der Waals surface area contributed by atoms with Crippen molar-refractivity contribution >= 4 is 11.6 Å². The maximum Gasteiger partial charge on any atom is 0.178 e. The van der Waals surface area contributed by atoms with E-state index in [-0.39, 0.29) is 18.0 Å². The topological polar surface area (TPSA) is 118 Å². The van der Waals surface area contributed by atoms with E-state index in [1.165, 1.54) is 24.4 Å². The molecule has 2 rings (SSSR count). The number of fused-ring (bicyclic) bond motifs is 1. The van der Waals surface area contributed by atoms with E-state index >= 15 is 0 Å². The van der Waals surface area contributed by atoms with Crippen LogP contribution in [0, 0.1) is 0 Å². The molecule has 150 valence electrons. The van der Waals surface area contributed by atoms with Gasteiger partial charge < -0.3 is 4.84 Å². The van der Waals surface area contributed by atoms with Crippen molar-refractivity contribution in [3.63, 3.8) is 0 Å². The van der Waals surface area contributed by atoms with Crippen LogP contribution >= 0.6 is 0 Å². The number of para-hydroxylation sites is 1. The van der Waals surface area contributed by atoms with Gasteiger partial charge in [0.2, 0.25) is 0 Å². The summed E-state index contributed by atoms with van der Waals surface area (Å²) in [5.41, 5.74) is 0.577. The van der Waals surface area contributed by atoms with E-state index in [0.29, 0.717) is 11.3 Å². The number of nitrogens with zero attached hydrogens (tertiary/aromatic N) is 6. The fourth-order valence-corrected chi connectivity index (χ4v) is 2.01. The number of rotatable bonds is 0. The Kier molecular flexibility index (Phi) is 10.0. The van der Waals surface area contributed by atoms with Crippen LogP contribution in [0.25, 0.3) is 0 Å². The Labute approximate surface area is 172 Å². The Morgan fingerprint density at radius 3 is 2.23 bits per heavy atom. The molecule has 9 heteroatoms. The molecule has 30 heavy (non-hydrogen) atoms. The minimum atomic E-state index is -0.297. The van der Waals surface area contributed by atoms with E-state index in [9.17, 15) is 9.59 Å². The summed E-state index contributed by atoms with van der Waals surface area (Å²) in [5, 5.41) is 20.4. The van der Waals surface area contributed by atoms with Crippen molar-refractivity contribution in [2.75, 3.05) is 0 Å². The third-order valence-corrected chi connectivity index (χ3v) is 3.31. The predicted molar refractivity (Wildman–Crippen MR) is 110 cm³/mol. The summed E-state index contributed by atoms with van der Waals surface area (Å²) in [5.74, 6) is -0.236. The largest absolute Gasteiger partial charge is 0.338 e. The van der Waals surface area contributed by atoms with Gasteiger partial charge >= 0.3 is 0 Å². The zero-order chi connectivity index (χ0) is 21.3. The molecule has 1 heterocycles. The number of hydrogen-bond donors (Lipinski definition) is 0. The highest BCUT2D eigenvalue weighted by Crippen LogP contribution is 2.19. The van der Waals surface area contributed by atoms with Gasteiger partial charge in [0.15, 0.2) is 17.3 Å². The maximum atomic E-state index is 12.1.